The van der Waals surface area contributed by atoms with Crippen molar-refractivity contribution >= 4 is 5.91 Å². The highest BCUT2D eigenvalue weighted by atomic mass is 19.1. The molecule has 0 unspecified atom stereocenters. The fourth-order valence-electron chi connectivity index (χ4n) is 4.11. The molecule has 0 N–H and O–H groups in total. The van der Waals surface area contributed by atoms with Gasteiger partial charge in [-0.05, 0) is 49.9 Å². The molecular weight excluding hydrogens is 295 g/mol. The number of rotatable bonds is 4. The number of ether oxygens (including phenoxy) is 1. The molecule has 0 saturated carbocycles. The largest absolute Gasteiger partial charge is 0.494 e. The zero-order valence-electron chi connectivity index (χ0n) is 13.9. The van der Waals surface area contributed by atoms with Crippen molar-refractivity contribution in [1.82, 2.24) is 9.80 Å². The molecule has 2 fully saturated rings. The summed E-state index contributed by atoms with van der Waals surface area (Å²) in [5, 5.41) is 0. The predicted octanol–water partition coefficient (Wildman–Crippen LogP) is 2.81. The normalized spacial score (nSPS) is 25.1. The van der Waals surface area contributed by atoms with Crippen molar-refractivity contribution in [2.24, 2.45) is 0 Å². The summed E-state index contributed by atoms with van der Waals surface area (Å²) in [5.74, 6) is 0.145. The highest BCUT2D eigenvalue weighted by Crippen LogP contribution is 2.31. The number of benzene rings is 1. The summed E-state index contributed by atoms with van der Waals surface area (Å²) in [6.45, 7) is 4.28. The molecule has 2 heterocycles. The van der Waals surface area contributed by atoms with Crippen LogP contribution < -0.4 is 4.74 Å². The van der Waals surface area contributed by atoms with E-state index in [1.807, 2.05) is 11.0 Å². The van der Waals surface area contributed by atoms with Gasteiger partial charge in [0.2, 0.25) is 5.91 Å². The fourth-order valence-corrected chi connectivity index (χ4v) is 4.11. The molecule has 1 aromatic rings. The molecular formula is C18H25FN2O2. The van der Waals surface area contributed by atoms with E-state index in [-0.39, 0.29) is 17.5 Å². The molecule has 1 amide bonds. The summed E-state index contributed by atoms with van der Waals surface area (Å²) in [7, 11) is 1.48. The molecule has 2 saturated heterocycles. The SMILES string of the molecule is COc1ccc(CN2CCC[C@@H]2[C@@H]2CCCN2C(C)=O)cc1F. The standard InChI is InChI=1S/C18H25FN2O2/c1-13(22)21-10-4-6-17(21)16-5-3-9-20(16)12-14-7-8-18(23-2)15(19)11-14/h7-8,11,16-17H,3-6,9-10,12H2,1-2H3/t16-,17+/m1/s1. The van der Waals surface area contributed by atoms with Crippen molar-refractivity contribution < 1.29 is 13.9 Å². The summed E-state index contributed by atoms with van der Waals surface area (Å²) in [4.78, 5) is 16.3. The van der Waals surface area contributed by atoms with Gasteiger partial charge in [0.25, 0.3) is 0 Å². The maximum absolute atomic E-state index is 13.9. The van der Waals surface area contributed by atoms with E-state index in [9.17, 15) is 9.18 Å². The smallest absolute Gasteiger partial charge is 0.219 e. The van der Waals surface area contributed by atoms with Crippen molar-refractivity contribution in [3.63, 3.8) is 0 Å². The van der Waals surface area contributed by atoms with Crippen LogP contribution in [-0.2, 0) is 11.3 Å². The second-order valence-corrected chi connectivity index (χ2v) is 6.57. The fraction of sp³-hybridized carbons (Fsp3) is 0.611. The first-order chi connectivity index (χ1) is 11.1. The predicted molar refractivity (Wildman–Crippen MR) is 86.8 cm³/mol. The number of likely N-dealkylation sites (tertiary alicyclic amines) is 2. The molecule has 0 aliphatic carbocycles. The van der Waals surface area contributed by atoms with Crippen LogP contribution in [0.1, 0.15) is 38.2 Å². The number of nitrogens with zero attached hydrogens (tertiary/aromatic N) is 2. The van der Waals surface area contributed by atoms with Crippen LogP contribution in [0.25, 0.3) is 0 Å². The quantitative estimate of drug-likeness (QED) is 0.855. The van der Waals surface area contributed by atoms with E-state index in [1.54, 1.807) is 19.1 Å². The number of halogens is 1. The van der Waals surface area contributed by atoms with Gasteiger partial charge in [0.1, 0.15) is 0 Å². The van der Waals surface area contributed by atoms with Crippen molar-refractivity contribution in [2.45, 2.75) is 51.2 Å². The molecule has 2 aliphatic rings. The van der Waals surface area contributed by atoms with Gasteiger partial charge < -0.3 is 9.64 Å². The minimum atomic E-state index is -0.313. The first-order valence-corrected chi connectivity index (χ1v) is 8.44. The number of amides is 1. The molecule has 0 spiro atoms. The Bertz CT molecular complexity index is 578. The van der Waals surface area contributed by atoms with Crippen LogP contribution in [0.3, 0.4) is 0 Å². The molecule has 0 aromatic heterocycles. The molecule has 5 heteroatoms. The minimum absolute atomic E-state index is 0.176. The molecule has 4 nitrogen and oxygen atoms in total. The topological polar surface area (TPSA) is 32.8 Å². The molecule has 2 atom stereocenters. The van der Waals surface area contributed by atoms with E-state index in [4.69, 9.17) is 4.74 Å². The zero-order valence-corrected chi connectivity index (χ0v) is 13.9. The Morgan fingerprint density at radius 3 is 2.70 bits per heavy atom. The van der Waals surface area contributed by atoms with E-state index in [1.165, 1.54) is 7.11 Å². The van der Waals surface area contributed by atoms with Crippen LogP contribution in [0.2, 0.25) is 0 Å². The van der Waals surface area contributed by atoms with Crippen molar-refractivity contribution in [2.75, 3.05) is 20.2 Å². The summed E-state index contributed by atoms with van der Waals surface area (Å²) < 4.78 is 18.9. The molecule has 0 radical (unpaired) electrons. The highest BCUT2D eigenvalue weighted by Gasteiger charge is 2.38. The lowest BCUT2D eigenvalue weighted by Crippen LogP contribution is -2.47. The first kappa shape index (κ1) is 16.2. The van der Waals surface area contributed by atoms with E-state index in [0.717, 1.165) is 50.9 Å². The van der Waals surface area contributed by atoms with Crippen LogP contribution >= 0.6 is 0 Å². The number of hydrogen-bond acceptors (Lipinski definition) is 3. The van der Waals surface area contributed by atoms with Gasteiger partial charge in [0.15, 0.2) is 11.6 Å². The van der Waals surface area contributed by atoms with Crippen molar-refractivity contribution in [3.8, 4) is 5.75 Å². The van der Waals surface area contributed by atoms with E-state index in [0.29, 0.717) is 12.1 Å². The molecule has 2 aliphatic heterocycles. The van der Waals surface area contributed by atoms with E-state index >= 15 is 0 Å². The van der Waals surface area contributed by atoms with Gasteiger partial charge in [-0.3, -0.25) is 9.69 Å². The lowest BCUT2D eigenvalue weighted by atomic mass is 10.0. The maximum atomic E-state index is 13.9. The Labute approximate surface area is 137 Å². The Kier molecular flexibility index (Phi) is 4.85. The molecule has 23 heavy (non-hydrogen) atoms. The summed E-state index contributed by atoms with van der Waals surface area (Å²) in [5.41, 5.74) is 0.961. The first-order valence-electron chi connectivity index (χ1n) is 8.44. The van der Waals surface area contributed by atoms with Crippen molar-refractivity contribution in [1.29, 1.82) is 0 Å². The second kappa shape index (κ2) is 6.87. The minimum Gasteiger partial charge on any atom is -0.494 e. The number of methoxy groups -OCH3 is 1. The van der Waals surface area contributed by atoms with Gasteiger partial charge in [-0.25, -0.2) is 4.39 Å². The maximum Gasteiger partial charge on any atom is 0.219 e. The average molecular weight is 320 g/mol. The summed E-state index contributed by atoms with van der Waals surface area (Å²) in [6.07, 6.45) is 4.43. The van der Waals surface area contributed by atoms with E-state index < -0.39 is 0 Å². The van der Waals surface area contributed by atoms with Crippen molar-refractivity contribution in [3.05, 3.63) is 29.6 Å². The van der Waals surface area contributed by atoms with Crippen LogP contribution in [0.4, 0.5) is 4.39 Å². The number of carbonyl (C=O) groups excluding carboxylic acids is 1. The Morgan fingerprint density at radius 1 is 1.26 bits per heavy atom. The zero-order chi connectivity index (χ0) is 16.4. The summed E-state index contributed by atoms with van der Waals surface area (Å²) in [6, 6.07) is 5.89. The van der Waals surface area contributed by atoms with Gasteiger partial charge in [0, 0.05) is 32.1 Å². The molecule has 1 aromatic carbocycles. The summed E-state index contributed by atoms with van der Waals surface area (Å²) >= 11 is 0. The van der Waals surface area contributed by atoms with Gasteiger partial charge in [-0.2, -0.15) is 0 Å². The van der Waals surface area contributed by atoms with Gasteiger partial charge in [0.05, 0.1) is 7.11 Å². The third kappa shape index (κ3) is 3.34. The Morgan fingerprint density at radius 2 is 2.00 bits per heavy atom. The molecule has 126 valence electrons. The second-order valence-electron chi connectivity index (χ2n) is 6.57. The Balaban J connectivity index is 1.72. The van der Waals surface area contributed by atoms with Gasteiger partial charge in [-0.1, -0.05) is 6.07 Å². The Hall–Kier alpha value is -1.62. The van der Waals surface area contributed by atoms with E-state index in [2.05, 4.69) is 4.90 Å². The lowest BCUT2D eigenvalue weighted by Gasteiger charge is -2.34. The molecule has 0 bridgehead atoms. The third-order valence-electron chi connectivity index (χ3n) is 5.16. The lowest BCUT2D eigenvalue weighted by molar-refractivity contribution is -0.130. The van der Waals surface area contributed by atoms with Crippen LogP contribution in [0, 0.1) is 5.82 Å². The average Bonchev–Trinajstić information content (AvgIpc) is 3.15. The molecule has 3 rings (SSSR count). The van der Waals surface area contributed by atoms with Crippen LogP contribution in [-0.4, -0.2) is 48.0 Å². The van der Waals surface area contributed by atoms with Crippen LogP contribution in [0.5, 0.6) is 5.75 Å². The van der Waals surface area contributed by atoms with Crippen LogP contribution in [0.15, 0.2) is 18.2 Å². The third-order valence-corrected chi connectivity index (χ3v) is 5.16. The van der Waals surface area contributed by atoms with Gasteiger partial charge in [-0.15, -0.1) is 0 Å². The number of carbonyl (C=O) groups is 1. The number of hydrogen-bond donors (Lipinski definition) is 0. The monoisotopic (exact) mass is 320 g/mol. The van der Waals surface area contributed by atoms with Gasteiger partial charge >= 0.3 is 0 Å². The highest BCUT2D eigenvalue weighted by molar-refractivity contribution is 5.74.